The van der Waals surface area contributed by atoms with E-state index in [1.54, 1.807) is 0 Å². The molecule has 1 aromatic carbocycles. The maximum Gasteiger partial charge on any atom is 0.130 e. The normalized spacial score (nSPS) is 21.8. The predicted octanol–water partition coefficient (Wildman–Crippen LogP) is 2.77. The number of nitrogens with zero attached hydrogens (tertiary/aromatic N) is 2. The van der Waals surface area contributed by atoms with Crippen molar-refractivity contribution in [2.24, 2.45) is 0 Å². The summed E-state index contributed by atoms with van der Waals surface area (Å²) in [6.07, 6.45) is 3.78. The lowest BCUT2D eigenvalue weighted by molar-refractivity contribution is 0.0656. The van der Waals surface area contributed by atoms with Gasteiger partial charge < -0.3 is 9.84 Å². The highest BCUT2D eigenvalue weighted by molar-refractivity contribution is 5.40. The van der Waals surface area contributed by atoms with Crippen LogP contribution in [0.2, 0.25) is 0 Å². The summed E-state index contributed by atoms with van der Waals surface area (Å²) in [5.74, 6) is 0.776. The van der Waals surface area contributed by atoms with E-state index in [0.717, 1.165) is 29.0 Å². The van der Waals surface area contributed by atoms with Crippen LogP contribution in [0.3, 0.4) is 0 Å². The molecule has 1 unspecified atom stereocenters. The summed E-state index contributed by atoms with van der Waals surface area (Å²) in [5, 5.41) is 14.5. The van der Waals surface area contributed by atoms with E-state index in [2.05, 4.69) is 5.10 Å². The van der Waals surface area contributed by atoms with Gasteiger partial charge in [0.1, 0.15) is 11.9 Å². The number of ether oxygens (including phenoxy) is 1. The first-order valence-electron chi connectivity index (χ1n) is 6.65. The summed E-state index contributed by atoms with van der Waals surface area (Å²) in [6, 6.07) is 5.93. The number of aliphatic hydroxyl groups excluding tert-OH is 1. The molecule has 0 aliphatic carbocycles. The molecule has 19 heavy (non-hydrogen) atoms. The minimum absolute atomic E-state index is 0.120. The molecule has 2 atom stereocenters. The van der Waals surface area contributed by atoms with Crippen molar-refractivity contribution in [3.05, 3.63) is 47.3 Å². The molecule has 100 valence electrons. The Morgan fingerprint density at radius 3 is 3.05 bits per heavy atom. The molecule has 4 nitrogen and oxygen atoms in total. The van der Waals surface area contributed by atoms with Crippen LogP contribution in [0, 0.1) is 6.92 Å². The van der Waals surface area contributed by atoms with Crippen LogP contribution in [0.15, 0.2) is 30.6 Å². The van der Waals surface area contributed by atoms with Gasteiger partial charge in [0.2, 0.25) is 0 Å². The summed E-state index contributed by atoms with van der Waals surface area (Å²) in [4.78, 5) is 0. The van der Waals surface area contributed by atoms with Crippen LogP contribution < -0.4 is 4.74 Å². The van der Waals surface area contributed by atoms with Crippen LogP contribution in [-0.4, -0.2) is 14.9 Å². The van der Waals surface area contributed by atoms with Crippen molar-refractivity contribution >= 4 is 0 Å². The van der Waals surface area contributed by atoms with E-state index in [1.165, 1.54) is 0 Å². The van der Waals surface area contributed by atoms with Crippen molar-refractivity contribution in [3.63, 3.8) is 0 Å². The smallest absolute Gasteiger partial charge is 0.130 e. The largest absolute Gasteiger partial charge is 0.485 e. The molecule has 1 aromatic heterocycles. The van der Waals surface area contributed by atoms with Crippen LogP contribution >= 0.6 is 0 Å². The maximum absolute atomic E-state index is 10.3. The van der Waals surface area contributed by atoms with Gasteiger partial charge in [-0.25, -0.2) is 0 Å². The van der Waals surface area contributed by atoms with Crippen LogP contribution in [0.5, 0.6) is 5.75 Å². The molecule has 0 saturated carbocycles. The van der Waals surface area contributed by atoms with Crippen molar-refractivity contribution in [2.75, 3.05) is 0 Å². The second-order valence-corrected chi connectivity index (χ2v) is 5.03. The van der Waals surface area contributed by atoms with Gasteiger partial charge in [-0.3, -0.25) is 4.68 Å². The molecule has 0 radical (unpaired) electrons. The van der Waals surface area contributed by atoms with Gasteiger partial charge in [-0.2, -0.15) is 5.10 Å². The van der Waals surface area contributed by atoms with E-state index < -0.39 is 6.10 Å². The van der Waals surface area contributed by atoms with Crippen molar-refractivity contribution in [1.82, 2.24) is 9.78 Å². The highest BCUT2D eigenvalue weighted by atomic mass is 16.5. The minimum Gasteiger partial charge on any atom is -0.485 e. The van der Waals surface area contributed by atoms with Crippen LogP contribution in [0.1, 0.15) is 42.2 Å². The summed E-state index contributed by atoms with van der Waals surface area (Å²) >= 11 is 0. The average molecular weight is 258 g/mol. The third-order valence-electron chi connectivity index (χ3n) is 3.58. The molecular weight excluding hydrogens is 240 g/mol. The van der Waals surface area contributed by atoms with Crippen LogP contribution in [0.4, 0.5) is 0 Å². The standard InChI is InChI=1S/C15H18N2O2/c1-3-17-9-11(8-16-17)15-7-13(18)12-6-10(2)4-5-14(12)19-15/h4-6,8-9,13,15,18H,3,7H2,1-2H3/t13-,15?/m1/s1. The molecule has 0 spiro atoms. The highest BCUT2D eigenvalue weighted by Gasteiger charge is 2.28. The van der Waals surface area contributed by atoms with Crippen molar-refractivity contribution in [3.8, 4) is 5.75 Å². The number of hydrogen-bond donors (Lipinski definition) is 1. The Morgan fingerprint density at radius 2 is 2.32 bits per heavy atom. The van der Waals surface area contributed by atoms with Gasteiger partial charge >= 0.3 is 0 Å². The Morgan fingerprint density at radius 1 is 1.47 bits per heavy atom. The Balaban J connectivity index is 1.90. The molecule has 3 rings (SSSR count). The lowest BCUT2D eigenvalue weighted by Crippen LogP contribution is -2.18. The molecule has 1 aliphatic heterocycles. The molecule has 2 aromatic rings. The SMILES string of the molecule is CCn1cc(C2C[C@@H](O)c3cc(C)ccc3O2)cn1. The van der Waals surface area contributed by atoms with Gasteiger partial charge in [0.25, 0.3) is 0 Å². The fourth-order valence-electron chi connectivity index (χ4n) is 2.49. The second-order valence-electron chi connectivity index (χ2n) is 5.03. The van der Waals surface area contributed by atoms with E-state index in [-0.39, 0.29) is 6.10 Å². The van der Waals surface area contributed by atoms with E-state index in [1.807, 2.05) is 49.1 Å². The maximum atomic E-state index is 10.3. The zero-order chi connectivity index (χ0) is 13.4. The average Bonchev–Trinajstić information content (AvgIpc) is 2.88. The Bertz CT molecular complexity index is 592. The molecule has 1 aliphatic rings. The lowest BCUT2D eigenvalue weighted by atomic mass is 9.95. The summed E-state index contributed by atoms with van der Waals surface area (Å²) in [5.41, 5.74) is 3.05. The zero-order valence-corrected chi connectivity index (χ0v) is 11.2. The first-order valence-corrected chi connectivity index (χ1v) is 6.65. The predicted molar refractivity (Wildman–Crippen MR) is 72.0 cm³/mol. The number of benzene rings is 1. The summed E-state index contributed by atoms with van der Waals surface area (Å²) in [6.45, 7) is 4.90. The van der Waals surface area contributed by atoms with Crippen LogP contribution in [0.25, 0.3) is 0 Å². The third-order valence-corrected chi connectivity index (χ3v) is 3.58. The molecule has 0 amide bonds. The van der Waals surface area contributed by atoms with E-state index in [0.29, 0.717) is 6.42 Å². The number of aliphatic hydroxyl groups is 1. The number of fused-ring (bicyclic) bond motifs is 1. The van der Waals surface area contributed by atoms with Crippen LogP contribution in [-0.2, 0) is 6.54 Å². The van der Waals surface area contributed by atoms with E-state index in [9.17, 15) is 5.11 Å². The third kappa shape index (κ3) is 2.24. The monoisotopic (exact) mass is 258 g/mol. The second kappa shape index (κ2) is 4.70. The number of rotatable bonds is 2. The van der Waals surface area contributed by atoms with Gasteiger partial charge in [-0.15, -0.1) is 0 Å². The molecule has 0 fully saturated rings. The Labute approximate surface area is 112 Å². The van der Waals surface area contributed by atoms with Gasteiger partial charge in [0.15, 0.2) is 0 Å². The molecule has 0 bridgehead atoms. The highest BCUT2D eigenvalue weighted by Crippen LogP contribution is 2.40. The molecule has 0 saturated heterocycles. The quantitative estimate of drug-likeness (QED) is 0.901. The lowest BCUT2D eigenvalue weighted by Gasteiger charge is -2.29. The topological polar surface area (TPSA) is 47.3 Å². The van der Waals surface area contributed by atoms with Gasteiger partial charge in [-0.05, 0) is 26.0 Å². The Hall–Kier alpha value is -1.81. The first kappa shape index (κ1) is 12.2. The van der Waals surface area contributed by atoms with Crippen molar-refractivity contribution in [2.45, 2.75) is 39.0 Å². The zero-order valence-electron chi connectivity index (χ0n) is 11.2. The van der Waals surface area contributed by atoms with Gasteiger partial charge in [-0.1, -0.05) is 11.6 Å². The Kier molecular flexibility index (Phi) is 3.03. The van der Waals surface area contributed by atoms with Crippen molar-refractivity contribution < 1.29 is 9.84 Å². The molecule has 4 heteroatoms. The fourth-order valence-corrected chi connectivity index (χ4v) is 2.49. The van der Waals surface area contributed by atoms with E-state index in [4.69, 9.17) is 4.74 Å². The number of aromatic nitrogens is 2. The summed E-state index contributed by atoms with van der Waals surface area (Å²) < 4.78 is 7.86. The van der Waals surface area contributed by atoms with Gasteiger partial charge in [0.05, 0.1) is 12.3 Å². The molecular formula is C15H18N2O2. The van der Waals surface area contributed by atoms with Crippen molar-refractivity contribution in [1.29, 1.82) is 0 Å². The molecule has 2 heterocycles. The fraction of sp³-hybridized carbons (Fsp3) is 0.400. The van der Waals surface area contributed by atoms with Gasteiger partial charge in [0, 0.05) is 30.3 Å². The number of aryl methyl sites for hydroxylation is 2. The minimum atomic E-state index is -0.473. The summed E-state index contributed by atoms with van der Waals surface area (Å²) in [7, 11) is 0. The first-order chi connectivity index (χ1) is 9.17. The van der Waals surface area contributed by atoms with E-state index >= 15 is 0 Å². The molecule has 1 N–H and O–H groups in total. The number of hydrogen-bond acceptors (Lipinski definition) is 3.